The Morgan fingerprint density at radius 2 is 1.97 bits per heavy atom. The second-order valence-electron chi connectivity index (χ2n) is 6.97. The third-order valence-corrected chi connectivity index (χ3v) is 6.15. The number of guanidine groups is 1. The highest BCUT2D eigenvalue weighted by atomic mass is 32.1. The summed E-state index contributed by atoms with van der Waals surface area (Å²) >= 11 is 1.79. The molecule has 3 aromatic rings. The van der Waals surface area contributed by atoms with Crippen molar-refractivity contribution >= 4 is 17.3 Å². The minimum absolute atomic E-state index is 0.698. The largest absolute Gasteiger partial charge is 0.356 e. The van der Waals surface area contributed by atoms with Crippen molar-refractivity contribution in [1.82, 2.24) is 25.4 Å². The van der Waals surface area contributed by atoms with Crippen molar-refractivity contribution < 1.29 is 0 Å². The molecule has 0 aliphatic rings. The molecular weight excluding hydrogens is 380 g/mol. The molecule has 3 rings (SSSR count). The van der Waals surface area contributed by atoms with Gasteiger partial charge in [0.15, 0.2) is 5.96 Å². The first-order valence-corrected chi connectivity index (χ1v) is 10.9. The summed E-state index contributed by atoms with van der Waals surface area (Å²) in [6.45, 7) is 8.64. The van der Waals surface area contributed by atoms with Crippen LogP contribution in [-0.4, -0.2) is 34.3 Å². The quantitative estimate of drug-likeness (QED) is 0.441. The number of aryl methyl sites for hydroxylation is 2. The summed E-state index contributed by atoms with van der Waals surface area (Å²) in [5.74, 6) is 0.798. The van der Waals surface area contributed by atoms with Crippen LogP contribution in [0.25, 0.3) is 0 Å². The van der Waals surface area contributed by atoms with Gasteiger partial charge in [0, 0.05) is 48.9 Å². The van der Waals surface area contributed by atoms with Crippen LogP contribution in [0.4, 0.5) is 0 Å². The van der Waals surface area contributed by atoms with Crippen LogP contribution in [0.2, 0.25) is 0 Å². The van der Waals surface area contributed by atoms with Crippen molar-refractivity contribution in [1.29, 1.82) is 0 Å². The Morgan fingerprint density at radius 3 is 2.66 bits per heavy atom. The number of thiazole rings is 1. The Balaban J connectivity index is 1.53. The Bertz CT molecular complexity index is 942. The highest BCUT2D eigenvalue weighted by Crippen LogP contribution is 2.15. The molecule has 1 aromatic carbocycles. The van der Waals surface area contributed by atoms with Gasteiger partial charge < -0.3 is 10.6 Å². The maximum Gasteiger partial charge on any atom is 0.191 e. The van der Waals surface area contributed by atoms with E-state index in [0.29, 0.717) is 6.54 Å². The molecule has 0 amide bonds. The van der Waals surface area contributed by atoms with Gasteiger partial charge in [0.05, 0.1) is 17.2 Å². The van der Waals surface area contributed by atoms with Crippen LogP contribution < -0.4 is 10.6 Å². The van der Waals surface area contributed by atoms with Crippen molar-refractivity contribution in [2.45, 2.75) is 46.7 Å². The van der Waals surface area contributed by atoms with Crippen molar-refractivity contribution in [3.05, 3.63) is 68.9 Å². The normalized spacial score (nSPS) is 11.7. The lowest BCUT2D eigenvalue weighted by atomic mass is 10.2. The third kappa shape index (κ3) is 5.67. The van der Waals surface area contributed by atoms with E-state index in [1.807, 2.05) is 12.3 Å². The number of nitrogens with one attached hydrogen (secondary N) is 2. The fourth-order valence-electron chi connectivity index (χ4n) is 3.21. The maximum absolute atomic E-state index is 4.73. The average molecular weight is 411 g/mol. The summed E-state index contributed by atoms with van der Waals surface area (Å²) in [7, 11) is 1.80. The smallest absolute Gasteiger partial charge is 0.191 e. The zero-order valence-electron chi connectivity index (χ0n) is 17.7. The monoisotopic (exact) mass is 410 g/mol. The summed E-state index contributed by atoms with van der Waals surface area (Å²) in [6, 6.07) is 10.4. The first kappa shape index (κ1) is 21.0. The van der Waals surface area contributed by atoms with Crippen LogP contribution in [0.3, 0.4) is 0 Å². The van der Waals surface area contributed by atoms with Gasteiger partial charge in [-0.3, -0.25) is 9.67 Å². The van der Waals surface area contributed by atoms with Gasteiger partial charge in [-0.15, -0.1) is 11.3 Å². The molecule has 0 radical (unpaired) electrons. The van der Waals surface area contributed by atoms with Crippen LogP contribution >= 0.6 is 11.3 Å². The Kier molecular flexibility index (Phi) is 7.41. The zero-order valence-corrected chi connectivity index (χ0v) is 18.5. The molecule has 0 bridgehead atoms. The summed E-state index contributed by atoms with van der Waals surface area (Å²) in [5.41, 5.74) is 4.71. The SMILES string of the molecule is CCc1cnc(CCNC(=NC)NCc2c(C)nn(Cc3ccccc3)c2C)s1. The number of aromatic nitrogens is 3. The Labute approximate surface area is 177 Å². The van der Waals surface area contributed by atoms with E-state index in [2.05, 4.69) is 70.3 Å². The molecule has 154 valence electrons. The molecule has 0 unspecified atom stereocenters. The number of hydrogen-bond acceptors (Lipinski definition) is 4. The summed E-state index contributed by atoms with van der Waals surface area (Å²) in [4.78, 5) is 10.1. The fraction of sp³-hybridized carbons (Fsp3) is 0.409. The molecule has 0 spiro atoms. The van der Waals surface area contributed by atoms with Crippen molar-refractivity contribution in [2.75, 3.05) is 13.6 Å². The van der Waals surface area contributed by atoms with Gasteiger partial charge >= 0.3 is 0 Å². The Morgan fingerprint density at radius 1 is 1.17 bits per heavy atom. The van der Waals surface area contributed by atoms with Gasteiger partial charge in [0.1, 0.15) is 0 Å². The fourth-order valence-corrected chi connectivity index (χ4v) is 4.07. The summed E-state index contributed by atoms with van der Waals surface area (Å²) in [6.07, 6.45) is 3.93. The lowest BCUT2D eigenvalue weighted by Gasteiger charge is -2.12. The molecule has 29 heavy (non-hydrogen) atoms. The van der Waals surface area contributed by atoms with Crippen LogP contribution in [0.15, 0.2) is 41.5 Å². The molecule has 6 nitrogen and oxygen atoms in total. The second-order valence-corrected chi connectivity index (χ2v) is 8.17. The molecule has 2 heterocycles. The third-order valence-electron chi connectivity index (χ3n) is 4.94. The molecule has 7 heteroatoms. The number of nitrogens with zero attached hydrogens (tertiary/aromatic N) is 4. The lowest BCUT2D eigenvalue weighted by Crippen LogP contribution is -2.38. The van der Waals surface area contributed by atoms with Gasteiger partial charge in [-0.25, -0.2) is 4.98 Å². The van der Waals surface area contributed by atoms with E-state index < -0.39 is 0 Å². The number of rotatable bonds is 8. The Hall–Kier alpha value is -2.67. The van der Waals surface area contributed by atoms with Crippen LogP contribution in [0, 0.1) is 13.8 Å². The summed E-state index contributed by atoms with van der Waals surface area (Å²) in [5, 5.41) is 12.7. The topological polar surface area (TPSA) is 67.1 Å². The van der Waals surface area contributed by atoms with Gasteiger partial charge in [-0.2, -0.15) is 5.10 Å². The highest BCUT2D eigenvalue weighted by Gasteiger charge is 2.12. The molecule has 0 saturated carbocycles. The molecule has 0 fully saturated rings. The van der Waals surface area contributed by atoms with E-state index >= 15 is 0 Å². The highest BCUT2D eigenvalue weighted by molar-refractivity contribution is 7.11. The molecule has 0 atom stereocenters. The predicted octanol–water partition coefficient (Wildman–Crippen LogP) is 3.47. The van der Waals surface area contributed by atoms with Crippen LogP contribution in [0.1, 0.15) is 39.3 Å². The number of benzene rings is 1. The van der Waals surface area contributed by atoms with Crippen molar-refractivity contribution in [3.8, 4) is 0 Å². The van der Waals surface area contributed by atoms with Crippen LogP contribution in [-0.2, 0) is 25.9 Å². The zero-order chi connectivity index (χ0) is 20.6. The first-order valence-electron chi connectivity index (χ1n) is 10.1. The molecule has 0 aliphatic heterocycles. The van der Waals surface area contributed by atoms with Gasteiger partial charge in [0.2, 0.25) is 0 Å². The van der Waals surface area contributed by atoms with E-state index in [9.17, 15) is 0 Å². The number of hydrogen-bond donors (Lipinski definition) is 2. The number of aliphatic imine (C=N–C) groups is 1. The van der Waals surface area contributed by atoms with Gasteiger partial charge in [-0.1, -0.05) is 37.3 Å². The summed E-state index contributed by atoms with van der Waals surface area (Å²) < 4.78 is 2.08. The molecule has 2 aromatic heterocycles. The molecule has 0 aliphatic carbocycles. The van der Waals surface area contributed by atoms with Crippen LogP contribution in [0.5, 0.6) is 0 Å². The predicted molar refractivity (Wildman–Crippen MR) is 121 cm³/mol. The van der Waals surface area contributed by atoms with E-state index in [1.54, 1.807) is 18.4 Å². The average Bonchev–Trinajstić information content (AvgIpc) is 3.30. The standard InChI is InChI=1S/C22H30N6S/c1-5-19-13-25-21(29-19)11-12-24-22(23-4)26-14-20-16(2)27-28(17(20)3)15-18-9-7-6-8-10-18/h6-10,13H,5,11-12,14-15H2,1-4H3,(H2,23,24,26). The van der Waals surface area contributed by atoms with Gasteiger partial charge in [0.25, 0.3) is 0 Å². The van der Waals surface area contributed by atoms with Crippen molar-refractivity contribution in [2.24, 2.45) is 4.99 Å². The molecule has 0 saturated heterocycles. The van der Waals surface area contributed by atoms with E-state index in [-0.39, 0.29) is 0 Å². The van der Waals surface area contributed by atoms with E-state index in [1.165, 1.54) is 26.7 Å². The lowest BCUT2D eigenvalue weighted by molar-refractivity contribution is 0.657. The molecule has 2 N–H and O–H groups in total. The molecular formula is C22H30N6S. The second kappa shape index (κ2) is 10.2. The maximum atomic E-state index is 4.73. The minimum Gasteiger partial charge on any atom is -0.356 e. The van der Waals surface area contributed by atoms with Gasteiger partial charge in [-0.05, 0) is 25.8 Å². The van der Waals surface area contributed by atoms with E-state index in [0.717, 1.165) is 37.6 Å². The minimum atomic E-state index is 0.698. The van der Waals surface area contributed by atoms with Crippen molar-refractivity contribution in [3.63, 3.8) is 0 Å². The first-order chi connectivity index (χ1) is 14.1. The van der Waals surface area contributed by atoms with E-state index in [4.69, 9.17) is 5.10 Å².